The minimum absolute atomic E-state index is 0.116. The molecule has 0 atom stereocenters. The number of para-hydroxylation sites is 1. The zero-order chi connectivity index (χ0) is 23.1. The van der Waals surface area contributed by atoms with E-state index in [1.165, 1.54) is 6.07 Å². The van der Waals surface area contributed by atoms with Crippen molar-refractivity contribution in [3.8, 4) is 5.75 Å². The van der Waals surface area contributed by atoms with E-state index in [2.05, 4.69) is 15.8 Å². The second kappa shape index (κ2) is 10.3. The Hall–Kier alpha value is -4.00. The van der Waals surface area contributed by atoms with E-state index in [1.54, 1.807) is 49.4 Å². The molecule has 0 fully saturated rings. The molecular formula is C25H24FN3O3. The van der Waals surface area contributed by atoms with Crippen molar-refractivity contribution in [2.45, 2.75) is 27.4 Å². The van der Waals surface area contributed by atoms with Gasteiger partial charge in [-0.05, 0) is 67.8 Å². The second-order valence-electron chi connectivity index (χ2n) is 7.26. The Morgan fingerprint density at radius 2 is 1.56 bits per heavy atom. The maximum atomic E-state index is 13.7. The summed E-state index contributed by atoms with van der Waals surface area (Å²) in [4.78, 5) is 24.3. The van der Waals surface area contributed by atoms with E-state index >= 15 is 0 Å². The van der Waals surface area contributed by atoms with Crippen molar-refractivity contribution in [2.75, 3.05) is 5.32 Å². The minimum atomic E-state index is -0.864. The number of hydrogen-bond acceptors (Lipinski definition) is 4. The Morgan fingerprint density at radius 1 is 0.906 bits per heavy atom. The standard InChI is InChI=1S/C25H24FN3O3/c1-16-7-6-8-17(2)23(16)27-24(30)25(31)29-28-18(3)19-11-13-21(14-12-19)32-15-20-9-4-5-10-22(20)26/h4-14H,15H2,1-3H3,(H,27,30)(H,29,31)/b28-18+. The van der Waals surface area contributed by atoms with E-state index in [0.717, 1.165) is 16.7 Å². The number of carbonyl (C=O) groups excluding carboxylic acids is 2. The number of anilines is 1. The molecule has 7 heteroatoms. The number of halogens is 1. The van der Waals surface area contributed by atoms with Crippen molar-refractivity contribution in [3.05, 3.63) is 94.8 Å². The fourth-order valence-corrected chi connectivity index (χ4v) is 3.00. The van der Waals surface area contributed by atoms with Crippen molar-refractivity contribution in [1.82, 2.24) is 5.43 Å². The number of aryl methyl sites for hydroxylation is 2. The molecule has 0 bridgehead atoms. The van der Waals surface area contributed by atoms with Gasteiger partial charge in [-0.1, -0.05) is 36.4 Å². The molecule has 0 saturated carbocycles. The van der Waals surface area contributed by atoms with Crippen molar-refractivity contribution in [2.24, 2.45) is 5.10 Å². The average molecular weight is 433 g/mol. The van der Waals surface area contributed by atoms with Crippen LogP contribution in [-0.2, 0) is 16.2 Å². The molecule has 3 rings (SSSR count). The Labute approximate surface area is 186 Å². The van der Waals surface area contributed by atoms with Crippen LogP contribution in [0.3, 0.4) is 0 Å². The normalized spacial score (nSPS) is 11.1. The predicted octanol–water partition coefficient (Wildman–Crippen LogP) is 4.50. The van der Waals surface area contributed by atoms with Crippen molar-refractivity contribution < 1.29 is 18.7 Å². The summed E-state index contributed by atoms with van der Waals surface area (Å²) < 4.78 is 19.3. The van der Waals surface area contributed by atoms with Crippen LogP contribution >= 0.6 is 0 Å². The maximum absolute atomic E-state index is 13.7. The predicted molar refractivity (Wildman–Crippen MR) is 122 cm³/mol. The molecule has 3 aromatic carbocycles. The summed E-state index contributed by atoms with van der Waals surface area (Å²) in [6.45, 7) is 5.53. The van der Waals surface area contributed by atoms with Gasteiger partial charge in [0, 0.05) is 11.3 Å². The third-order valence-corrected chi connectivity index (χ3v) is 4.88. The number of carbonyl (C=O) groups is 2. The first-order valence-corrected chi connectivity index (χ1v) is 10.0. The number of hydrazone groups is 1. The Bertz CT molecular complexity index is 1140. The van der Waals surface area contributed by atoms with E-state index in [0.29, 0.717) is 22.7 Å². The molecule has 0 aromatic heterocycles. The Morgan fingerprint density at radius 3 is 2.22 bits per heavy atom. The molecule has 0 heterocycles. The number of amides is 2. The first kappa shape index (κ1) is 22.7. The zero-order valence-corrected chi connectivity index (χ0v) is 18.1. The molecular weight excluding hydrogens is 409 g/mol. The first-order valence-electron chi connectivity index (χ1n) is 10.0. The minimum Gasteiger partial charge on any atom is -0.489 e. The van der Waals surface area contributed by atoms with E-state index in [9.17, 15) is 14.0 Å². The monoisotopic (exact) mass is 433 g/mol. The summed E-state index contributed by atoms with van der Waals surface area (Å²) in [7, 11) is 0. The molecule has 0 aliphatic carbocycles. The van der Waals surface area contributed by atoms with Crippen molar-refractivity contribution in [3.63, 3.8) is 0 Å². The summed E-state index contributed by atoms with van der Waals surface area (Å²) in [5, 5.41) is 6.62. The first-order chi connectivity index (χ1) is 15.3. The van der Waals surface area contributed by atoms with E-state index in [4.69, 9.17) is 4.74 Å². The lowest BCUT2D eigenvalue weighted by Crippen LogP contribution is -2.33. The quantitative estimate of drug-likeness (QED) is 0.341. The van der Waals surface area contributed by atoms with Gasteiger partial charge in [0.15, 0.2) is 0 Å². The number of hydrogen-bond donors (Lipinski definition) is 2. The highest BCUT2D eigenvalue weighted by Gasteiger charge is 2.15. The second-order valence-corrected chi connectivity index (χ2v) is 7.26. The molecule has 0 saturated heterocycles. The molecule has 3 aromatic rings. The van der Waals surface area contributed by atoms with Gasteiger partial charge in [-0.2, -0.15) is 5.10 Å². The molecule has 0 unspecified atom stereocenters. The number of nitrogens with zero attached hydrogens (tertiary/aromatic N) is 1. The van der Waals surface area contributed by atoms with Gasteiger partial charge < -0.3 is 10.1 Å². The summed E-state index contributed by atoms with van der Waals surface area (Å²) >= 11 is 0. The van der Waals surface area contributed by atoms with Crippen LogP contribution in [0.5, 0.6) is 5.75 Å². The van der Waals surface area contributed by atoms with Gasteiger partial charge in [-0.25, -0.2) is 9.82 Å². The molecule has 0 aliphatic heterocycles. The number of benzene rings is 3. The largest absolute Gasteiger partial charge is 0.489 e. The fraction of sp³-hybridized carbons (Fsp3) is 0.160. The van der Waals surface area contributed by atoms with Crippen LogP contribution in [0.1, 0.15) is 29.2 Å². The highest BCUT2D eigenvalue weighted by Crippen LogP contribution is 2.19. The van der Waals surface area contributed by atoms with Crippen LogP contribution in [0.4, 0.5) is 10.1 Å². The van der Waals surface area contributed by atoms with Crippen LogP contribution in [0.15, 0.2) is 71.8 Å². The summed E-state index contributed by atoms with van der Waals surface area (Å²) in [5.74, 6) is -1.40. The topological polar surface area (TPSA) is 79.8 Å². The zero-order valence-electron chi connectivity index (χ0n) is 18.1. The van der Waals surface area contributed by atoms with Crippen LogP contribution in [-0.4, -0.2) is 17.5 Å². The van der Waals surface area contributed by atoms with Crippen LogP contribution in [0.25, 0.3) is 0 Å². The van der Waals surface area contributed by atoms with Gasteiger partial charge in [-0.3, -0.25) is 9.59 Å². The SMILES string of the molecule is C/C(=N\NC(=O)C(=O)Nc1c(C)cccc1C)c1ccc(OCc2ccccc2F)cc1. The van der Waals surface area contributed by atoms with Gasteiger partial charge in [-0.15, -0.1) is 0 Å². The van der Waals surface area contributed by atoms with Crippen LogP contribution in [0.2, 0.25) is 0 Å². The Balaban J connectivity index is 1.56. The number of nitrogens with one attached hydrogen (secondary N) is 2. The fourth-order valence-electron chi connectivity index (χ4n) is 3.00. The lowest BCUT2D eigenvalue weighted by Gasteiger charge is -2.10. The van der Waals surface area contributed by atoms with E-state index < -0.39 is 11.8 Å². The van der Waals surface area contributed by atoms with Crippen molar-refractivity contribution in [1.29, 1.82) is 0 Å². The molecule has 32 heavy (non-hydrogen) atoms. The Kier molecular flexibility index (Phi) is 7.33. The third kappa shape index (κ3) is 5.78. The summed E-state index contributed by atoms with van der Waals surface area (Å²) in [6.07, 6.45) is 0. The highest BCUT2D eigenvalue weighted by atomic mass is 19.1. The van der Waals surface area contributed by atoms with E-state index in [1.807, 2.05) is 32.0 Å². The smallest absolute Gasteiger partial charge is 0.329 e. The maximum Gasteiger partial charge on any atom is 0.329 e. The van der Waals surface area contributed by atoms with Crippen LogP contribution < -0.4 is 15.5 Å². The lowest BCUT2D eigenvalue weighted by atomic mass is 10.1. The summed E-state index contributed by atoms with van der Waals surface area (Å²) in [6, 6.07) is 19.0. The molecule has 2 amide bonds. The molecule has 0 spiro atoms. The van der Waals surface area contributed by atoms with Crippen LogP contribution in [0, 0.1) is 19.7 Å². The number of ether oxygens (including phenoxy) is 1. The number of rotatable bonds is 6. The van der Waals surface area contributed by atoms with Gasteiger partial charge >= 0.3 is 11.8 Å². The van der Waals surface area contributed by atoms with Crippen molar-refractivity contribution >= 4 is 23.2 Å². The molecule has 2 N–H and O–H groups in total. The lowest BCUT2D eigenvalue weighted by molar-refractivity contribution is -0.136. The molecule has 164 valence electrons. The highest BCUT2D eigenvalue weighted by molar-refractivity contribution is 6.39. The summed E-state index contributed by atoms with van der Waals surface area (Å²) in [5.41, 5.74) is 6.33. The molecule has 6 nitrogen and oxygen atoms in total. The van der Waals surface area contributed by atoms with Gasteiger partial charge in [0.05, 0.1) is 5.71 Å². The third-order valence-electron chi connectivity index (χ3n) is 4.88. The van der Waals surface area contributed by atoms with Gasteiger partial charge in [0.1, 0.15) is 18.2 Å². The molecule has 0 radical (unpaired) electrons. The average Bonchev–Trinajstić information content (AvgIpc) is 2.79. The van der Waals surface area contributed by atoms with Gasteiger partial charge in [0.25, 0.3) is 0 Å². The van der Waals surface area contributed by atoms with E-state index in [-0.39, 0.29) is 12.4 Å². The van der Waals surface area contributed by atoms with Gasteiger partial charge in [0.2, 0.25) is 0 Å². The molecule has 0 aliphatic rings.